The van der Waals surface area contributed by atoms with Crippen molar-refractivity contribution in [1.29, 1.82) is 0 Å². The number of carbonyl (C=O) groups is 2. The number of nitrogens with one attached hydrogen (secondary N) is 1. The molecule has 0 aliphatic rings. The van der Waals surface area contributed by atoms with Crippen LogP contribution >= 0.6 is 0 Å². The molecule has 0 radical (unpaired) electrons. The van der Waals surface area contributed by atoms with Gasteiger partial charge in [0.05, 0.1) is 17.7 Å². The van der Waals surface area contributed by atoms with Crippen LogP contribution in [-0.4, -0.2) is 23.6 Å². The number of aromatic carboxylic acids is 1. The van der Waals surface area contributed by atoms with Gasteiger partial charge in [0.2, 0.25) is 0 Å². The third-order valence-electron chi connectivity index (χ3n) is 3.46. The molecule has 2 aromatic rings. The minimum absolute atomic E-state index is 0.0284. The molecule has 2 rings (SSSR count). The summed E-state index contributed by atoms with van der Waals surface area (Å²) in [5.41, 5.74) is 0.651. The van der Waals surface area contributed by atoms with Crippen molar-refractivity contribution in [3.63, 3.8) is 0 Å². The Hall–Kier alpha value is -2.82. The summed E-state index contributed by atoms with van der Waals surface area (Å²) < 4.78 is 5.66. The van der Waals surface area contributed by atoms with Crippen molar-refractivity contribution in [3.05, 3.63) is 59.7 Å². The summed E-state index contributed by atoms with van der Waals surface area (Å²) in [6.45, 7) is 4.86. The number of anilines is 1. The molecule has 0 fully saturated rings. The van der Waals surface area contributed by atoms with Crippen LogP contribution in [0.5, 0.6) is 5.75 Å². The molecular formula is C19H21NO4. The topological polar surface area (TPSA) is 75.6 Å². The minimum atomic E-state index is -1.13. The van der Waals surface area contributed by atoms with E-state index in [0.717, 1.165) is 6.42 Å². The monoisotopic (exact) mass is 327 g/mol. The molecule has 2 N–H and O–H groups in total. The van der Waals surface area contributed by atoms with Gasteiger partial charge in [0.25, 0.3) is 5.91 Å². The number of hydrogen-bond acceptors (Lipinski definition) is 3. The molecule has 0 unspecified atom stereocenters. The Morgan fingerprint density at radius 2 is 1.79 bits per heavy atom. The van der Waals surface area contributed by atoms with Gasteiger partial charge in [-0.3, -0.25) is 4.79 Å². The van der Waals surface area contributed by atoms with Crippen LogP contribution in [0.25, 0.3) is 0 Å². The van der Waals surface area contributed by atoms with E-state index in [-0.39, 0.29) is 11.1 Å². The van der Waals surface area contributed by atoms with Gasteiger partial charge in [-0.05, 0) is 36.6 Å². The van der Waals surface area contributed by atoms with Crippen molar-refractivity contribution in [2.24, 2.45) is 5.92 Å². The van der Waals surface area contributed by atoms with Crippen LogP contribution in [0, 0.1) is 5.92 Å². The molecule has 0 saturated heterocycles. The Balaban J connectivity index is 2.08. The molecule has 126 valence electrons. The second-order valence-electron chi connectivity index (χ2n) is 5.86. The lowest BCUT2D eigenvalue weighted by Crippen LogP contribution is -2.16. The summed E-state index contributed by atoms with van der Waals surface area (Å²) in [5.74, 6) is -0.376. The van der Waals surface area contributed by atoms with E-state index in [1.807, 2.05) is 6.07 Å². The summed E-state index contributed by atoms with van der Waals surface area (Å²) in [4.78, 5) is 23.5. The molecule has 0 atom stereocenters. The van der Waals surface area contributed by atoms with Gasteiger partial charge in [-0.1, -0.05) is 32.0 Å². The van der Waals surface area contributed by atoms with Crippen LogP contribution in [0.2, 0.25) is 0 Å². The number of ether oxygens (including phenoxy) is 1. The van der Waals surface area contributed by atoms with E-state index in [1.165, 1.54) is 12.1 Å². The quantitative estimate of drug-likeness (QED) is 0.804. The van der Waals surface area contributed by atoms with E-state index in [4.69, 9.17) is 9.84 Å². The average Bonchev–Trinajstić information content (AvgIpc) is 2.55. The Bertz CT molecular complexity index is 725. The van der Waals surface area contributed by atoms with Crippen LogP contribution in [0.15, 0.2) is 48.5 Å². The number of rotatable bonds is 7. The first kappa shape index (κ1) is 17.5. The van der Waals surface area contributed by atoms with Gasteiger partial charge in [-0.15, -0.1) is 0 Å². The number of carboxylic acid groups (broad SMARTS) is 1. The first-order valence-corrected chi connectivity index (χ1v) is 7.84. The van der Waals surface area contributed by atoms with Gasteiger partial charge < -0.3 is 15.2 Å². The van der Waals surface area contributed by atoms with Gasteiger partial charge in [-0.25, -0.2) is 4.79 Å². The van der Waals surface area contributed by atoms with Crippen LogP contribution in [0.1, 0.15) is 41.0 Å². The predicted molar refractivity (Wildman–Crippen MR) is 92.7 cm³/mol. The van der Waals surface area contributed by atoms with Crippen LogP contribution < -0.4 is 10.1 Å². The number of carbonyl (C=O) groups excluding carboxylic acids is 1. The Labute approximate surface area is 141 Å². The lowest BCUT2D eigenvalue weighted by molar-refractivity contribution is 0.0692. The molecule has 0 saturated carbocycles. The van der Waals surface area contributed by atoms with Crippen molar-refractivity contribution in [2.45, 2.75) is 20.3 Å². The van der Waals surface area contributed by atoms with Crippen molar-refractivity contribution in [2.75, 3.05) is 11.9 Å². The van der Waals surface area contributed by atoms with Crippen molar-refractivity contribution >= 4 is 17.6 Å². The number of carboxylic acids is 1. The highest BCUT2D eigenvalue weighted by Crippen LogP contribution is 2.19. The molecule has 1 amide bonds. The van der Waals surface area contributed by atoms with Gasteiger partial charge in [-0.2, -0.15) is 0 Å². The second kappa shape index (κ2) is 8.15. The van der Waals surface area contributed by atoms with E-state index in [0.29, 0.717) is 24.0 Å². The molecule has 2 aromatic carbocycles. The fourth-order valence-corrected chi connectivity index (χ4v) is 2.14. The summed E-state index contributed by atoms with van der Waals surface area (Å²) in [6.07, 6.45) is 0.947. The highest BCUT2D eigenvalue weighted by atomic mass is 16.5. The first-order valence-electron chi connectivity index (χ1n) is 7.84. The zero-order chi connectivity index (χ0) is 17.5. The van der Waals surface area contributed by atoms with Crippen LogP contribution in [0.4, 0.5) is 5.69 Å². The van der Waals surface area contributed by atoms with E-state index in [9.17, 15) is 9.59 Å². The third kappa shape index (κ3) is 4.84. The summed E-state index contributed by atoms with van der Waals surface area (Å²) in [7, 11) is 0. The molecule has 0 spiro atoms. The average molecular weight is 327 g/mol. The molecule has 5 nitrogen and oxygen atoms in total. The molecule has 0 bridgehead atoms. The number of hydrogen-bond donors (Lipinski definition) is 2. The summed E-state index contributed by atoms with van der Waals surface area (Å²) in [5, 5.41) is 11.9. The highest BCUT2D eigenvalue weighted by molar-refractivity contribution is 6.10. The third-order valence-corrected chi connectivity index (χ3v) is 3.46. The van der Waals surface area contributed by atoms with Crippen molar-refractivity contribution in [1.82, 2.24) is 0 Å². The molecule has 24 heavy (non-hydrogen) atoms. The maximum absolute atomic E-state index is 12.3. The molecule has 0 aliphatic carbocycles. The van der Waals surface area contributed by atoms with Crippen molar-refractivity contribution < 1.29 is 19.4 Å². The highest BCUT2D eigenvalue weighted by Gasteiger charge is 2.15. The zero-order valence-electron chi connectivity index (χ0n) is 13.8. The van der Waals surface area contributed by atoms with E-state index >= 15 is 0 Å². The Morgan fingerprint density at radius 3 is 2.46 bits per heavy atom. The first-order chi connectivity index (χ1) is 11.5. The molecule has 0 heterocycles. The fraction of sp³-hybridized carbons (Fsp3) is 0.263. The van der Waals surface area contributed by atoms with Crippen molar-refractivity contribution in [3.8, 4) is 5.75 Å². The summed E-state index contributed by atoms with van der Waals surface area (Å²) >= 11 is 0. The van der Waals surface area contributed by atoms with E-state index in [2.05, 4.69) is 19.2 Å². The predicted octanol–water partition coefficient (Wildman–Crippen LogP) is 4.06. The van der Waals surface area contributed by atoms with Gasteiger partial charge in [0.15, 0.2) is 0 Å². The largest absolute Gasteiger partial charge is 0.494 e. The van der Waals surface area contributed by atoms with Gasteiger partial charge >= 0.3 is 5.97 Å². The maximum Gasteiger partial charge on any atom is 0.336 e. The minimum Gasteiger partial charge on any atom is -0.494 e. The van der Waals surface area contributed by atoms with Gasteiger partial charge in [0.1, 0.15) is 5.75 Å². The second-order valence-corrected chi connectivity index (χ2v) is 5.86. The number of amides is 1. The SMILES string of the molecule is CC(C)CCOc1cccc(NC(=O)c2ccccc2C(=O)O)c1. The standard InChI is InChI=1S/C19H21NO4/c1-13(2)10-11-24-15-7-5-6-14(12-15)20-18(21)16-8-3-4-9-17(16)19(22)23/h3-9,12-13H,10-11H2,1-2H3,(H,20,21)(H,22,23). The van der Waals surface area contributed by atoms with E-state index < -0.39 is 11.9 Å². The number of benzene rings is 2. The molecular weight excluding hydrogens is 306 g/mol. The Morgan fingerprint density at radius 1 is 1.08 bits per heavy atom. The normalized spacial score (nSPS) is 10.5. The fourth-order valence-electron chi connectivity index (χ4n) is 2.14. The zero-order valence-corrected chi connectivity index (χ0v) is 13.8. The van der Waals surface area contributed by atoms with Crippen LogP contribution in [-0.2, 0) is 0 Å². The maximum atomic E-state index is 12.3. The molecule has 0 aliphatic heterocycles. The lowest BCUT2D eigenvalue weighted by Gasteiger charge is -2.11. The Kier molecular flexibility index (Phi) is 5.95. The molecule has 0 aromatic heterocycles. The van der Waals surface area contributed by atoms with E-state index in [1.54, 1.807) is 30.3 Å². The van der Waals surface area contributed by atoms with Gasteiger partial charge in [0, 0.05) is 11.8 Å². The smallest absolute Gasteiger partial charge is 0.336 e. The molecule has 5 heteroatoms. The summed E-state index contributed by atoms with van der Waals surface area (Å²) in [6, 6.07) is 13.2. The lowest BCUT2D eigenvalue weighted by atomic mass is 10.1. The van der Waals surface area contributed by atoms with Crippen LogP contribution in [0.3, 0.4) is 0 Å².